The molecule has 0 aliphatic heterocycles. The molecule has 0 saturated carbocycles. The molecule has 7 heteroatoms. The monoisotopic (exact) mass is 415 g/mol. The molecule has 0 amide bonds. The van der Waals surface area contributed by atoms with Crippen molar-refractivity contribution in [2.45, 2.75) is 13.8 Å². The Hall–Kier alpha value is -4.13. The molecular weight excluding hydrogens is 393 g/mol. The summed E-state index contributed by atoms with van der Waals surface area (Å²) in [5, 5.41) is 10.9. The second kappa shape index (κ2) is 8.71. The average Bonchev–Trinajstić information content (AvgIpc) is 3.37. The minimum absolute atomic E-state index is 0.143. The third-order valence-electron chi connectivity index (χ3n) is 4.60. The number of anilines is 1. The van der Waals surface area contributed by atoms with Crippen LogP contribution in [0.1, 0.15) is 12.6 Å². The Morgan fingerprint density at radius 2 is 2.00 bits per heavy atom. The number of aromatic amines is 2. The molecule has 156 valence electrons. The van der Waals surface area contributed by atoms with E-state index in [1.807, 2.05) is 43.3 Å². The summed E-state index contributed by atoms with van der Waals surface area (Å²) < 4.78 is 20.5. The van der Waals surface area contributed by atoms with Crippen LogP contribution >= 0.6 is 0 Å². The van der Waals surface area contributed by atoms with Gasteiger partial charge in [0.1, 0.15) is 11.6 Å². The second-order valence-corrected chi connectivity index (χ2v) is 7.00. The summed E-state index contributed by atoms with van der Waals surface area (Å²) in [5.74, 6) is 1.22. The topological polar surface area (TPSA) is 78.1 Å². The van der Waals surface area contributed by atoms with E-state index in [9.17, 15) is 4.39 Å². The number of rotatable bonds is 6. The number of aliphatic imine (C=N–C) groups is 1. The number of H-pyrrole nitrogens is 2. The van der Waals surface area contributed by atoms with E-state index in [4.69, 9.17) is 4.74 Å². The number of hydrogen-bond acceptors (Lipinski definition) is 3. The number of aromatic nitrogens is 3. The van der Waals surface area contributed by atoms with Gasteiger partial charge in [-0.15, -0.1) is 0 Å². The van der Waals surface area contributed by atoms with Crippen molar-refractivity contribution >= 4 is 22.6 Å². The van der Waals surface area contributed by atoms with E-state index in [0.717, 1.165) is 22.5 Å². The van der Waals surface area contributed by atoms with Gasteiger partial charge >= 0.3 is 0 Å². The molecule has 0 fully saturated rings. The molecule has 0 spiro atoms. The number of nitrogens with zero attached hydrogens (tertiary/aromatic N) is 2. The molecule has 3 N–H and O–H groups in total. The van der Waals surface area contributed by atoms with Crippen molar-refractivity contribution in [2.24, 2.45) is 4.99 Å². The molecule has 0 aliphatic rings. The van der Waals surface area contributed by atoms with Gasteiger partial charge in [-0.3, -0.25) is 5.10 Å². The fraction of sp³-hybridized carbons (Fsp3) is 0.0833. The van der Waals surface area contributed by atoms with Crippen molar-refractivity contribution < 1.29 is 9.13 Å². The Morgan fingerprint density at radius 3 is 2.77 bits per heavy atom. The number of amidine groups is 1. The Balaban J connectivity index is 1.52. The third kappa shape index (κ3) is 4.56. The van der Waals surface area contributed by atoms with E-state index in [0.29, 0.717) is 22.8 Å². The van der Waals surface area contributed by atoms with E-state index >= 15 is 0 Å². The number of fused-ring (bicyclic) bond motifs is 1. The summed E-state index contributed by atoms with van der Waals surface area (Å²) in [4.78, 5) is 7.33. The summed E-state index contributed by atoms with van der Waals surface area (Å²) in [7, 11) is 0. The van der Waals surface area contributed by atoms with Crippen LogP contribution in [0.15, 0.2) is 84.2 Å². The molecular formula is C24H22FN5O. The predicted molar refractivity (Wildman–Crippen MR) is 123 cm³/mol. The van der Waals surface area contributed by atoms with Crippen LogP contribution in [0.2, 0.25) is 0 Å². The summed E-state index contributed by atoms with van der Waals surface area (Å²) in [6.07, 6.45) is 3.07. The molecule has 6 nitrogen and oxygen atoms in total. The van der Waals surface area contributed by atoms with Crippen LogP contribution in [-0.4, -0.2) is 21.0 Å². The second-order valence-electron chi connectivity index (χ2n) is 7.00. The van der Waals surface area contributed by atoms with Crippen molar-refractivity contribution in [3.63, 3.8) is 0 Å². The molecule has 2 aromatic carbocycles. The van der Waals surface area contributed by atoms with Gasteiger partial charge in [-0.25, -0.2) is 9.38 Å². The van der Waals surface area contributed by atoms with Crippen LogP contribution in [0.3, 0.4) is 0 Å². The smallest absolute Gasteiger partial charge is 0.175 e. The van der Waals surface area contributed by atoms with Crippen molar-refractivity contribution in [2.75, 3.05) is 5.32 Å². The first-order valence-electron chi connectivity index (χ1n) is 9.74. The first kappa shape index (κ1) is 20.2. The number of ether oxygens (including phenoxy) is 1. The number of halogens is 1. The molecule has 31 heavy (non-hydrogen) atoms. The Bertz CT molecular complexity index is 1280. The zero-order valence-corrected chi connectivity index (χ0v) is 17.2. The maximum absolute atomic E-state index is 14.8. The highest BCUT2D eigenvalue weighted by molar-refractivity contribution is 6.04. The van der Waals surface area contributed by atoms with Crippen LogP contribution in [-0.2, 0) is 0 Å². The zero-order chi connectivity index (χ0) is 21.8. The highest BCUT2D eigenvalue weighted by Crippen LogP contribution is 2.28. The number of benzene rings is 2. The van der Waals surface area contributed by atoms with E-state index in [2.05, 4.69) is 32.1 Å². The minimum atomic E-state index is -0.412. The molecule has 4 rings (SSSR count). The maximum Gasteiger partial charge on any atom is 0.175 e. The van der Waals surface area contributed by atoms with Crippen LogP contribution in [0.25, 0.3) is 22.2 Å². The molecule has 0 aliphatic carbocycles. The molecule has 0 radical (unpaired) electrons. The van der Waals surface area contributed by atoms with Crippen LogP contribution in [0.4, 0.5) is 10.2 Å². The number of allylic oxidation sites excluding steroid dienone is 1. The lowest BCUT2D eigenvalue weighted by atomic mass is 10.2. The highest BCUT2D eigenvalue weighted by Gasteiger charge is 2.12. The summed E-state index contributed by atoms with van der Waals surface area (Å²) in [6.45, 7) is 7.26. The number of nitrogens with one attached hydrogen (secondary N) is 3. The van der Waals surface area contributed by atoms with Gasteiger partial charge in [-0.2, -0.15) is 5.10 Å². The Morgan fingerprint density at radius 1 is 1.19 bits per heavy atom. The molecule has 4 aromatic rings. The SMILES string of the molecule is C=CN=C(/C=C(\C)Oc1ccc2[nH]c(C)cc2c1F)Nc1cc(-c2ccccc2)[nH]n1. The highest BCUT2D eigenvalue weighted by atomic mass is 19.1. The number of hydrogen-bond donors (Lipinski definition) is 3. The largest absolute Gasteiger partial charge is 0.459 e. The van der Waals surface area contributed by atoms with Gasteiger partial charge in [0.25, 0.3) is 0 Å². The van der Waals surface area contributed by atoms with Gasteiger partial charge in [0.05, 0.1) is 5.69 Å². The molecule has 0 atom stereocenters. The third-order valence-corrected chi connectivity index (χ3v) is 4.60. The van der Waals surface area contributed by atoms with E-state index in [-0.39, 0.29) is 5.75 Å². The molecule has 2 aromatic heterocycles. The lowest BCUT2D eigenvalue weighted by Crippen LogP contribution is -2.11. The standard InChI is InChI=1S/C24H22FN5O/c1-4-26-22(28-23-14-20(29-30-23)17-8-6-5-7-9-17)13-16(3)31-21-11-10-19-18(24(21)25)12-15(2)27-19/h4-14,27H,1H2,2-3H3,(H2,26,28,29,30)/b16-13+. The fourth-order valence-corrected chi connectivity index (χ4v) is 3.25. The van der Waals surface area contributed by atoms with Crippen LogP contribution < -0.4 is 10.1 Å². The van der Waals surface area contributed by atoms with Gasteiger partial charge in [-0.05, 0) is 37.6 Å². The van der Waals surface area contributed by atoms with Gasteiger partial charge in [0, 0.05) is 34.9 Å². The van der Waals surface area contributed by atoms with Crippen LogP contribution in [0, 0.1) is 12.7 Å². The minimum Gasteiger partial charge on any atom is -0.459 e. The van der Waals surface area contributed by atoms with Gasteiger partial charge in [0.2, 0.25) is 0 Å². The van der Waals surface area contributed by atoms with Crippen molar-refractivity contribution in [3.8, 4) is 17.0 Å². The predicted octanol–water partition coefficient (Wildman–Crippen LogP) is 5.94. The van der Waals surface area contributed by atoms with E-state index in [1.165, 1.54) is 6.20 Å². The summed E-state index contributed by atoms with van der Waals surface area (Å²) in [6, 6.07) is 16.9. The van der Waals surface area contributed by atoms with Gasteiger partial charge in [-0.1, -0.05) is 36.9 Å². The van der Waals surface area contributed by atoms with Crippen LogP contribution in [0.5, 0.6) is 5.75 Å². The van der Waals surface area contributed by atoms with E-state index in [1.54, 1.807) is 31.2 Å². The van der Waals surface area contributed by atoms with E-state index < -0.39 is 5.82 Å². The molecule has 2 heterocycles. The van der Waals surface area contributed by atoms with Gasteiger partial charge < -0.3 is 15.0 Å². The molecule has 0 unspecified atom stereocenters. The van der Waals surface area contributed by atoms with Crippen molar-refractivity contribution in [1.29, 1.82) is 0 Å². The molecule has 0 saturated heterocycles. The first-order chi connectivity index (χ1) is 15.0. The lowest BCUT2D eigenvalue weighted by Gasteiger charge is -2.09. The van der Waals surface area contributed by atoms with Crippen molar-refractivity contribution in [1.82, 2.24) is 15.2 Å². The molecule has 0 bridgehead atoms. The quantitative estimate of drug-likeness (QED) is 0.207. The maximum atomic E-state index is 14.8. The normalized spacial score (nSPS) is 12.2. The van der Waals surface area contributed by atoms with Gasteiger partial charge in [0.15, 0.2) is 17.4 Å². The lowest BCUT2D eigenvalue weighted by molar-refractivity contribution is 0.402. The first-order valence-corrected chi connectivity index (χ1v) is 9.74. The Kier molecular flexibility index (Phi) is 5.66. The summed E-state index contributed by atoms with van der Waals surface area (Å²) in [5.41, 5.74) is 3.51. The fourth-order valence-electron chi connectivity index (χ4n) is 3.25. The summed E-state index contributed by atoms with van der Waals surface area (Å²) >= 11 is 0. The van der Waals surface area contributed by atoms with Crippen molar-refractivity contribution in [3.05, 3.63) is 90.7 Å². The Labute approximate surface area is 179 Å². The average molecular weight is 415 g/mol. The zero-order valence-electron chi connectivity index (χ0n) is 17.2. The number of aryl methyl sites for hydroxylation is 1.